The van der Waals surface area contributed by atoms with Crippen molar-refractivity contribution in [3.8, 4) is 0 Å². The van der Waals surface area contributed by atoms with Crippen LogP contribution in [0.2, 0.25) is 0 Å². The zero-order chi connectivity index (χ0) is 18.1. The van der Waals surface area contributed by atoms with Crippen LogP contribution in [0.5, 0.6) is 0 Å². The molecule has 1 saturated heterocycles. The molecule has 1 atom stereocenters. The van der Waals surface area contributed by atoms with E-state index in [4.69, 9.17) is 0 Å². The van der Waals surface area contributed by atoms with Gasteiger partial charge in [0, 0.05) is 23.6 Å². The molecule has 1 aliphatic rings. The van der Waals surface area contributed by atoms with Gasteiger partial charge in [-0.25, -0.2) is 4.90 Å². The fourth-order valence-electron chi connectivity index (χ4n) is 3.58. The second-order valence-electron chi connectivity index (χ2n) is 6.67. The Balaban J connectivity index is 1.42. The number of para-hydroxylation sites is 2. The van der Waals surface area contributed by atoms with Gasteiger partial charge in [-0.2, -0.15) is 0 Å². The van der Waals surface area contributed by atoms with Crippen LogP contribution in [0.15, 0.2) is 54.7 Å². The van der Waals surface area contributed by atoms with Gasteiger partial charge in [0.15, 0.2) is 0 Å². The minimum Gasteiger partial charge on any atom is -0.361 e. The molecule has 2 N–H and O–H groups in total. The number of nitrogens with one attached hydrogen (secondary N) is 2. The van der Waals surface area contributed by atoms with E-state index in [-0.39, 0.29) is 18.2 Å². The average Bonchev–Trinajstić information content (AvgIpc) is 3.17. The lowest BCUT2D eigenvalue weighted by atomic mass is 10.1. The molecule has 0 aliphatic carbocycles. The van der Waals surface area contributed by atoms with E-state index in [0.717, 1.165) is 17.5 Å². The number of carbonyl (C=O) groups excluding carboxylic acids is 2. The number of H-pyrrole nitrogens is 1. The average molecular weight is 347 g/mol. The Kier molecular flexibility index (Phi) is 4.31. The van der Waals surface area contributed by atoms with Crippen LogP contribution < -0.4 is 10.2 Å². The maximum atomic E-state index is 12.7. The molecule has 26 heavy (non-hydrogen) atoms. The first-order valence-corrected chi connectivity index (χ1v) is 8.86. The molecule has 0 radical (unpaired) electrons. The van der Waals surface area contributed by atoms with E-state index in [1.807, 2.05) is 55.6 Å². The molecule has 0 saturated carbocycles. The number of aryl methyl sites for hydroxylation is 1. The lowest BCUT2D eigenvalue weighted by Gasteiger charge is -2.17. The number of imide groups is 1. The Morgan fingerprint density at radius 3 is 2.73 bits per heavy atom. The van der Waals surface area contributed by atoms with Crippen LogP contribution in [0.4, 0.5) is 5.69 Å². The van der Waals surface area contributed by atoms with Gasteiger partial charge in [-0.05, 0) is 36.6 Å². The predicted molar refractivity (Wildman–Crippen MR) is 102 cm³/mol. The van der Waals surface area contributed by atoms with E-state index >= 15 is 0 Å². The van der Waals surface area contributed by atoms with Crippen molar-refractivity contribution in [2.24, 2.45) is 0 Å². The summed E-state index contributed by atoms with van der Waals surface area (Å²) in [6.45, 7) is 2.56. The molecule has 0 spiro atoms. The third-order valence-corrected chi connectivity index (χ3v) is 4.96. The number of carbonyl (C=O) groups is 2. The first-order valence-electron chi connectivity index (χ1n) is 8.86. The zero-order valence-electron chi connectivity index (χ0n) is 14.7. The summed E-state index contributed by atoms with van der Waals surface area (Å²) in [7, 11) is 0. The van der Waals surface area contributed by atoms with Gasteiger partial charge < -0.3 is 10.3 Å². The lowest BCUT2D eigenvalue weighted by molar-refractivity contribution is -0.121. The topological polar surface area (TPSA) is 65.2 Å². The Hall–Kier alpha value is -2.92. The normalized spacial score (nSPS) is 17.4. The molecular weight excluding hydrogens is 326 g/mol. The summed E-state index contributed by atoms with van der Waals surface area (Å²) in [5, 5.41) is 4.46. The maximum Gasteiger partial charge on any atom is 0.251 e. The van der Waals surface area contributed by atoms with Crippen molar-refractivity contribution in [3.63, 3.8) is 0 Å². The summed E-state index contributed by atoms with van der Waals surface area (Å²) in [5.74, 6) is -0.308. The Bertz CT molecular complexity index is 976. The Labute approximate surface area is 152 Å². The molecule has 1 aliphatic heterocycles. The van der Waals surface area contributed by atoms with Crippen molar-refractivity contribution < 1.29 is 9.59 Å². The summed E-state index contributed by atoms with van der Waals surface area (Å²) < 4.78 is 0. The van der Waals surface area contributed by atoms with Crippen molar-refractivity contribution in [2.45, 2.75) is 25.8 Å². The highest BCUT2D eigenvalue weighted by molar-refractivity contribution is 6.22. The van der Waals surface area contributed by atoms with Crippen molar-refractivity contribution >= 4 is 28.4 Å². The second kappa shape index (κ2) is 6.77. The number of fused-ring (bicyclic) bond motifs is 1. The smallest absolute Gasteiger partial charge is 0.251 e. The number of amides is 2. The number of aromatic nitrogens is 1. The van der Waals surface area contributed by atoms with E-state index < -0.39 is 6.04 Å². The number of rotatable bonds is 5. The van der Waals surface area contributed by atoms with Crippen molar-refractivity contribution in [3.05, 3.63) is 65.9 Å². The molecule has 132 valence electrons. The summed E-state index contributed by atoms with van der Waals surface area (Å²) in [6.07, 6.45) is 3.01. The van der Waals surface area contributed by atoms with Crippen LogP contribution in [0, 0.1) is 6.92 Å². The van der Waals surface area contributed by atoms with Crippen molar-refractivity contribution in [1.29, 1.82) is 0 Å². The molecule has 5 heteroatoms. The zero-order valence-corrected chi connectivity index (χ0v) is 14.7. The molecule has 0 bridgehead atoms. The monoisotopic (exact) mass is 347 g/mol. The van der Waals surface area contributed by atoms with Gasteiger partial charge in [0.05, 0.1) is 18.2 Å². The quantitative estimate of drug-likeness (QED) is 0.698. The number of hydrogen-bond acceptors (Lipinski definition) is 3. The van der Waals surface area contributed by atoms with Crippen LogP contribution in [0.25, 0.3) is 10.9 Å². The second-order valence-corrected chi connectivity index (χ2v) is 6.67. The molecule has 4 rings (SSSR count). The van der Waals surface area contributed by atoms with Gasteiger partial charge in [-0.1, -0.05) is 36.4 Å². The van der Waals surface area contributed by atoms with Crippen LogP contribution >= 0.6 is 0 Å². The van der Waals surface area contributed by atoms with Crippen molar-refractivity contribution in [1.82, 2.24) is 10.3 Å². The minimum atomic E-state index is -0.452. The number of hydrogen-bond donors (Lipinski definition) is 2. The standard InChI is InChI=1S/C21H21N3O2/c1-14-6-2-5-9-19(14)24-20(25)12-18(21(24)26)22-11-10-15-13-23-17-8-4-3-7-16(15)17/h2-9,13,18,22-23H,10-12H2,1H3/t18-/m0/s1. The summed E-state index contributed by atoms with van der Waals surface area (Å²) in [5.41, 5.74) is 3.93. The SMILES string of the molecule is Cc1ccccc1N1C(=O)C[C@H](NCCc2c[nH]c3ccccc23)C1=O. The molecule has 5 nitrogen and oxygen atoms in total. The molecular formula is C21H21N3O2. The highest BCUT2D eigenvalue weighted by Crippen LogP contribution is 2.26. The van der Waals surface area contributed by atoms with E-state index in [1.54, 1.807) is 0 Å². The third kappa shape index (κ3) is 2.91. The highest BCUT2D eigenvalue weighted by atomic mass is 16.2. The summed E-state index contributed by atoms with van der Waals surface area (Å²) in [4.78, 5) is 29.7. The Morgan fingerprint density at radius 1 is 1.12 bits per heavy atom. The van der Waals surface area contributed by atoms with Gasteiger partial charge in [0.25, 0.3) is 5.91 Å². The van der Waals surface area contributed by atoms with Gasteiger partial charge in [-0.15, -0.1) is 0 Å². The van der Waals surface area contributed by atoms with Gasteiger partial charge >= 0.3 is 0 Å². The third-order valence-electron chi connectivity index (χ3n) is 4.96. The summed E-state index contributed by atoms with van der Waals surface area (Å²) >= 11 is 0. The van der Waals surface area contributed by atoms with Crippen LogP contribution in [0.1, 0.15) is 17.5 Å². The van der Waals surface area contributed by atoms with Crippen LogP contribution in [0.3, 0.4) is 0 Å². The first-order chi connectivity index (χ1) is 12.6. The molecule has 3 aromatic rings. The van der Waals surface area contributed by atoms with E-state index in [1.165, 1.54) is 15.8 Å². The number of aromatic amines is 1. The van der Waals surface area contributed by atoms with Gasteiger partial charge in [-0.3, -0.25) is 9.59 Å². The minimum absolute atomic E-state index is 0.145. The number of anilines is 1. The fourth-order valence-corrected chi connectivity index (χ4v) is 3.58. The molecule has 1 fully saturated rings. The van der Waals surface area contributed by atoms with Gasteiger partial charge in [0.2, 0.25) is 5.91 Å². The fraction of sp³-hybridized carbons (Fsp3) is 0.238. The van der Waals surface area contributed by atoms with E-state index in [2.05, 4.69) is 16.4 Å². The maximum absolute atomic E-state index is 12.7. The molecule has 2 heterocycles. The molecule has 2 aromatic carbocycles. The van der Waals surface area contributed by atoms with Gasteiger partial charge in [0.1, 0.15) is 0 Å². The van der Waals surface area contributed by atoms with Crippen LogP contribution in [-0.2, 0) is 16.0 Å². The first kappa shape index (κ1) is 16.5. The van der Waals surface area contributed by atoms with E-state index in [0.29, 0.717) is 12.2 Å². The lowest BCUT2D eigenvalue weighted by Crippen LogP contribution is -2.39. The summed E-state index contributed by atoms with van der Waals surface area (Å²) in [6, 6.07) is 15.2. The molecule has 2 amide bonds. The number of nitrogens with zero attached hydrogens (tertiary/aromatic N) is 1. The van der Waals surface area contributed by atoms with Crippen LogP contribution in [-0.4, -0.2) is 29.4 Å². The predicted octanol–water partition coefficient (Wildman–Crippen LogP) is 2.94. The van der Waals surface area contributed by atoms with Crippen molar-refractivity contribution in [2.75, 3.05) is 11.4 Å². The molecule has 0 unspecified atom stereocenters. The molecule has 1 aromatic heterocycles. The number of benzene rings is 2. The highest BCUT2D eigenvalue weighted by Gasteiger charge is 2.39. The largest absolute Gasteiger partial charge is 0.361 e. The Morgan fingerprint density at radius 2 is 1.88 bits per heavy atom. The van der Waals surface area contributed by atoms with E-state index in [9.17, 15) is 9.59 Å².